The maximum absolute atomic E-state index is 14.5. The van der Waals surface area contributed by atoms with Gasteiger partial charge < -0.3 is 9.80 Å². The van der Waals surface area contributed by atoms with Crippen molar-refractivity contribution in [3.63, 3.8) is 0 Å². The summed E-state index contributed by atoms with van der Waals surface area (Å²) in [6.07, 6.45) is 0.697. The molecule has 0 spiro atoms. The average Bonchev–Trinajstić information content (AvgIpc) is 3.12. The quantitative estimate of drug-likeness (QED) is 0.118. The Morgan fingerprint density at radius 2 is 1.57 bits per heavy atom. The Balaban J connectivity index is 1.34. The molecule has 6 rings (SSSR count). The van der Waals surface area contributed by atoms with Crippen molar-refractivity contribution in [2.24, 2.45) is 0 Å². The molecule has 5 nitrogen and oxygen atoms in total. The van der Waals surface area contributed by atoms with E-state index in [1.165, 1.54) is 41.3 Å². The van der Waals surface area contributed by atoms with Crippen LogP contribution in [0.3, 0.4) is 0 Å². The van der Waals surface area contributed by atoms with E-state index in [-0.39, 0.29) is 31.2 Å². The third-order valence-corrected chi connectivity index (χ3v) is 8.63. The Morgan fingerprint density at radius 3 is 2.27 bits per heavy atom. The largest absolute Gasteiger partial charge is 0.416 e. The van der Waals surface area contributed by atoms with Gasteiger partial charge >= 0.3 is 6.18 Å². The summed E-state index contributed by atoms with van der Waals surface area (Å²) in [6.45, 7) is 0.738. The number of hydrogen-bond donors (Lipinski definition) is 0. The first-order chi connectivity index (χ1) is 23.6. The summed E-state index contributed by atoms with van der Waals surface area (Å²) in [5, 5.41) is 0. The molecule has 49 heavy (non-hydrogen) atoms. The summed E-state index contributed by atoms with van der Waals surface area (Å²) in [4.78, 5) is 36.2. The number of carbonyl (C=O) groups is 2. The lowest BCUT2D eigenvalue weighted by atomic mass is 9.97. The molecule has 0 aliphatic carbocycles. The molecule has 1 aromatic heterocycles. The van der Waals surface area contributed by atoms with E-state index in [9.17, 15) is 27.2 Å². The van der Waals surface area contributed by atoms with Crippen LogP contribution in [0.5, 0.6) is 0 Å². The minimum Gasteiger partial charge on any atom is -0.336 e. The van der Waals surface area contributed by atoms with Gasteiger partial charge in [-0.3, -0.25) is 14.6 Å². The average molecular weight is 664 g/mol. The number of amides is 2. The van der Waals surface area contributed by atoms with Gasteiger partial charge in [0.15, 0.2) is 0 Å². The monoisotopic (exact) mass is 663 g/mol. The fourth-order valence-electron chi connectivity index (χ4n) is 5.99. The molecule has 1 aliphatic heterocycles. The highest BCUT2D eigenvalue weighted by Crippen LogP contribution is 2.29. The van der Waals surface area contributed by atoms with Crippen molar-refractivity contribution in [1.82, 2.24) is 14.8 Å². The number of carbonyl (C=O) groups excluding carboxylic acids is 2. The van der Waals surface area contributed by atoms with Crippen LogP contribution in [-0.4, -0.2) is 39.2 Å². The molecule has 0 bridgehead atoms. The van der Waals surface area contributed by atoms with Gasteiger partial charge in [-0.15, -0.1) is 0 Å². The Hall–Kier alpha value is -5.57. The van der Waals surface area contributed by atoms with E-state index >= 15 is 0 Å². The number of aromatic nitrogens is 1. The van der Waals surface area contributed by atoms with E-state index in [1.54, 1.807) is 17.2 Å². The summed E-state index contributed by atoms with van der Waals surface area (Å²) in [5.41, 5.74) is 4.65. The van der Waals surface area contributed by atoms with Crippen molar-refractivity contribution in [2.75, 3.05) is 6.54 Å². The minimum absolute atomic E-state index is 0.0948. The lowest BCUT2D eigenvalue weighted by molar-refractivity contribution is -0.144. The normalized spacial score (nSPS) is 13.6. The third-order valence-electron chi connectivity index (χ3n) is 8.63. The highest BCUT2D eigenvalue weighted by atomic mass is 19.4. The summed E-state index contributed by atoms with van der Waals surface area (Å²) in [6, 6.07) is 30.8. The van der Waals surface area contributed by atoms with Gasteiger partial charge in [0.05, 0.1) is 11.3 Å². The number of fused-ring (bicyclic) bond motifs is 1. The Bertz CT molecular complexity index is 1930. The van der Waals surface area contributed by atoms with E-state index in [2.05, 4.69) is 4.98 Å². The fourth-order valence-corrected chi connectivity index (χ4v) is 5.99. The molecular formula is C40H33F4N3O2. The van der Waals surface area contributed by atoms with Crippen LogP contribution in [0.4, 0.5) is 17.6 Å². The van der Waals surface area contributed by atoms with Crippen molar-refractivity contribution >= 4 is 17.9 Å². The van der Waals surface area contributed by atoms with Crippen LogP contribution in [0.15, 0.2) is 128 Å². The van der Waals surface area contributed by atoms with Crippen molar-refractivity contribution in [1.29, 1.82) is 0 Å². The molecular weight excluding hydrogens is 630 g/mol. The summed E-state index contributed by atoms with van der Waals surface area (Å²) >= 11 is 0. The van der Waals surface area contributed by atoms with Crippen LogP contribution in [-0.2, 0) is 41.7 Å². The van der Waals surface area contributed by atoms with Crippen LogP contribution in [0, 0.1) is 5.82 Å². The van der Waals surface area contributed by atoms with Crippen molar-refractivity contribution in [3.8, 4) is 11.3 Å². The molecule has 0 N–H and O–H groups in total. The van der Waals surface area contributed by atoms with Gasteiger partial charge in [0.1, 0.15) is 11.9 Å². The first kappa shape index (κ1) is 33.3. The van der Waals surface area contributed by atoms with Gasteiger partial charge in [0.2, 0.25) is 11.8 Å². The highest BCUT2D eigenvalue weighted by molar-refractivity contribution is 5.96. The second kappa shape index (κ2) is 14.7. The molecule has 1 atom stereocenters. The molecule has 2 amide bonds. The van der Waals surface area contributed by atoms with E-state index in [4.69, 9.17) is 0 Å². The topological polar surface area (TPSA) is 53.5 Å². The molecule has 2 heterocycles. The van der Waals surface area contributed by atoms with E-state index in [0.717, 1.165) is 45.6 Å². The SMILES string of the molecule is O=C([C@H](Cc1ccccc1)N(Cc1ccc(-c2ccccn2)cc1)C(=O)C=Cc1ccc(C(F)(F)F)cc1)N1CCc2cc(F)ccc2C1. The predicted molar refractivity (Wildman–Crippen MR) is 180 cm³/mol. The van der Waals surface area contributed by atoms with Gasteiger partial charge in [-0.25, -0.2) is 4.39 Å². The molecule has 9 heteroatoms. The number of halogens is 4. The van der Waals surface area contributed by atoms with E-state index < -0.39 is 23.7 Å². The minimum atomic E-state index is -4.48. The lowest BCUT2D eigenvalue weighted by Gasteiger charge is -2.37. The zero-order valence-electron chi connectivity index (χ0n) is 26.5. The summed E-state index contributed by atoms with van der Waals surface area (Å²) in [7, 11) is 0. The van der Waals surface area contributed by atoms with Crippen molar-refractivity contribution in [2.45, 2.75) is 38.1 Å². The van der Waals surface area contributed by atoms with Crippen molar-refractivity contribution in [3.05, 3.63) is 167 Å². The van der Waals surface area contributed by atoms with Crippen LogP contribution in [0.2, 0.25) is 0 Å². The number of hydrogen-bond acceptors (Lipinski definition) is 3. The van der Waals surface area contributed by atoms with Crippen LogP contribution in [0.25, 0.3) is 17.3 Å². The third kappa shape index (κ3) is 8.30. The Morgan fingerprint density at radius 1 is 0.837 bits per heavy atom. The number of rotatable bonds is 9. The van der Waals surface area contributed by atoms with E-state index in [1.807, 2.05) is 72.8 Å². The van der Waals surface area contributed by atoms with Gasteiger partial charge in [0, 0.05) is 43.9 Å². The van der Waals surface area contributed by atoms with Crippen LogP contribution in [0.1, 0.15) is 33.4 Å². The molecule has 0 saturated carbocycles. The van der Waals surface area contributed by atoms with Gasteiger partial charge in [-0.2, -0.15) is 13.2 Å². The Kier molecular flexibility index (Phi) is 9.99. The first-order valence-corrected chi connectivity index (χ1v) is 15.9. The highest BCUT2D eigenvalue weighted by Gasteiger charge is 2.34. The number of alkyl halides is 3. The van der Waals surface area contributed by atoms with E-state index in [0.29, 0.717) is 18.5 Å². The van der Waals surface area contributed by atoms with Gasteiger partial charge in [0.25, 0.3) is 0 Å². The fraction of sp³-hybridized carbons (Fsp3) is 0.175. The van der Waals surface area contributed by atoms with Crippen LogP contribution >= 0.6 is 0 Å². The lowest BCUT2D eigenvalue weighted by Crippen LogP contribution is -2.52. The maximum Gasteiger partial charge on any atom is 0.416 e. The standard InChI is InChI=1S/C40H33F4N3O2/c41-35-19-16-33-27-46(23-21-32(33)25-35)39(49)37(24-29-6-2-1-3-7-29)47(26-30-9-14-31(15-10-30)36-8-4-5-22-45-36)38(48)20-13-28-11-17-34(18-12-28)40(42,43)44/h1-20,22,25,37H,21,23-24,26-27H2/t37-/m0/s1. The molecule has 4 aromatic carbocycles. The summed E-state index contributed by atoms with van der Waals surface area (Å²) < 4.78 is 53.3. The van der Waals surface area contributed by atoms with Crippen LogP contribution < -0.4 is 0 Å². The molecule has 0 unspecified atom stereocenters. The predicted octanol–water partition coefficient (Wildman–Crippen LogP) is 8.14. The zero-order valence-corrected chi connectivity index (χ0v) is 26.5. The Labute approximate surface area is 282 Å². The number of nitrogens with zero attached hydrogens (tertiary/aromatic N) is 3. The molecule has 5 aromatic rings. The smallest absolute Gasteiger partial charge is 0.336 e. The molecule has 0 saturated heterocycles. The van der Waals surface area contributed by atoms with Gasteiger partial charge in [-0.05, 0) is 76.7 Å². The van der Waals surface area contributed by atoms with Crippen molar-refractivity contribution < 1.29 is 27.2 Å². The second-order valence-corrected chi connectivity index (χ2v) is 12.0. The second-order valence-electron chi connectivity index (χ2n) is 12.0. The molecule has 1 aliphatic rings. The summed E-state index contributed by atoms with van der Waals surface area (Å²) in [5.74, 6) is -1.05. The first-order valence-electron chi connectivity index (χ1n) is 15.9. The molecule has 0 fully saturated rings. The molecule has 248 valence electrons. The molecule has 0 radical (unpaired) electrons. The van der Waals surface area contributed by atoms with Gasteiger partial charge in [-0.1, -0.05) is 78.9 Å². The number of pyridine rings is 1. The number of benzene rings is 4. The maximum atomic E-state index is 14.5. The zero-order chi connectivity index (χ0) is 34.4.